The SMILES string of the molecule is C[S+]([O-])c1ccccc1OC[C@H](O)C[N+](C)(C)CCC1Cc2ccccc2C1. The van der Waals surface area contributed by atoms with E-state index < -0.39 is 17.3 Å². The van der Waals surface area contributed by atoms with Gasteiger partial charge in [-0.2, -0.15) is 0 Å². The Morgan fingerprint density at radius 1 is 1.11 bits per heavy atom. The number of quaternary nitrogens is 1. The van der Waals surface area contributed by atoms with Gasteiger partial charge in [0.15, 0.2) is 10.6 Å². The van der Waals surface area contributed by atoms with Gasteiger partial charge in [-0.15, -0.1) is 0 Å². The van der Waals surface area contributed by atoms with E-state index in [4.69, 9.17) is 4.74 Å². The second-order valence-corrected chi connectivity index (χ2v) is 9.89. The Labute approximate surface area is 171 Å². The molecule has 0 radical (unpaired) electrons. The number of nitrogens with zero attached hydrogens (tertiary/aromatic N) is 1. The molecule has 2 atom stereocenters. The van der Waals surface area contributed by atoms with Crippen molar-refractivity contribution in [3.63, 3.8) is 0 Å². The normalized spacial score (nSPS) is 16.6. The molecule has 0 saturated carbocycles. The highest BCUT2D eigenvalue weighted by Gasteiger charge is 2.26. The molecule has 3 rings (SSSR count). The number of rotatable bonds is 9. The third kappa shape index (κ3) is 5.74. The molecule has 0 saturated heterocycles. The first-order valence-corrected chi connectivity index (χ1v) is 11.5. The van der Waals surface area contributed by atoms with Crippen LogP contribution in [0, 0.1) is 5.92 Å². The maximum atomic E-state index is 11.8. The third-order valence-electron chi connectivity index (χ3n) is 5.57. The van der Waals surface area contributed by atoms with Crippen molar-refractivity contribution in [2.75, 3.05) is 40.0 Å². The summed E-state index contributed by atoms with van der Waals surface area (Å²) in [4.78, 5) is 0.671. The van der Waals surface area contributed by atoms with E-state index in [2.05, 4.69) is 38.4 Å². The van der Waals surface area contributed by atoms with Crippen LogP contribution in [0.3, 0.4) is 0 Å². The van der Waals surface area contributed by atoms with E-state index >= 15 is 0 Å². The van der Waals surface area contributed by atoms with Crippen LogP contribution in [0.1, 0.15) is 17.5 Å². The smallest absolute Gasteiger partial charge is 0.194 e. The molecule has 0 amide bonds. The van der Waals surface area contributed by atoms with Gasteiger partial charge in [0.25, 0.3) is 0 Å². The summed E-state index contributed by atoms with van der Waals surface area (Å²) in [6.45, 7) is 1.88. The highest BCUT2D eigenvalue weighted by atomic mass is 32.2. The van der Waals surface area contributed by atoms with Gasteiger partial charge in [-0.05, 0) is 53.2 Å². The maximum Gasteiger partial charge on any atom is 0.194 e. The molecule has 0 aliphatic heterocycles. The van der Waals surface area contributed by atoms with E-state index in [1.807, 2.05) is 12.1 Å². The van der Waals surface area contributed by atoms with Crippen molar-refractivity contribution in [1.29, 1.82) is 0 Å². The van der Waals surface area contributed by atoms with Crippen LogP contribution in [-0.4, -0.2) is 60.3 Å². The van der Waals surface area contributed by atoms with Gasteiger partial charge >= 0.3 is 0 Å². The fourth-order valence-electron chi connectivity index (χ4n) is 4.09. The van der Waals surface area contributed by atoms with Crippen LogP contribution in [-0.2, 0) is 24.0 Å². The third-order valence-corrected chi connectivity index (χ3v) is 6.53. The fourth-order valence-corrected chi connectivity index (χ4v) is 4.77. The molecule has 0 heterocycles. The summed E-state index contributed by atoms with van der Waals surface area (Å²) in [5.74, 6) is 1.30. The lowest BCUT2D eigenvalue weighted by Gasteiger charge is -2.32. The van der Waals surface area contributed by atoms with Crippen molar-refractivity contribution in [3.05, 3.63) is 59.7 Å². The van der Waals surface area contributed by atoms with Gasteiger partial charge < -0.3 is 18.9 Å². The molecule has 2 aromatic rings. The number of aliphatic hydroxyl groups is 1. The van der Waals surface area contributed by atoms with E-state index in [-0.39, 0.29) is 6.61 Å². The van der Waals surface area contributed by atoms with E-state index in [1.165, 1.54) is 24.0 Å². The second kappa shape index (κ2) is 9.31. The molecule has 4 nitrogen and oxygen atoms in total. The summed E-state index contributed by atoms with van der Waals surface area (Å²) in [5, 5.41) is 10.5. The molecule has 2 aromatic carbocycles. The van der Waals surface area contributed by atoms with Gasteiger partial charge in [0.2, 0.25) is 0 Å². The first-order valence-electron chi connectivity index (χ1n) is 9.96. The van der Waals surface area contributed by atoms with Crippen molar-refractivity contribution >= 4 is 11.2 Å². The maximum absolute atomic E-state index is 11.8. The summed E-state index contributed by atoms with van der Waals surface area (Å²) in [7, 11) is 4.33. The summed E-state index contributed by atoms with van der Waals surface area (Å²) in [5.41, 5.74) is 3.00. The average molecular weight is 403 g/mol. The van der Waals surface area contributed by atoms with Gasteiger partial charge in [0.05, 0.1) is 20.6 Å². The second-order valence-electron chi connectivity index (χ2n) is 8.54. The van der Waals surface area contributed by atoms with Gasteiger partial charge in [0.1, 0.15) is 25.5 Å². The Morgan fingerprint density at radius 3 is 2.36 bits per heavy atom. The quantitative estimate of drug-likeness (QED) is 0.518. The number of fused-ring (bicyclic) bond motifs is 1. The van der Waals surface area contributed by atoms with Crippen molar-refractivity contribution in [2.24, 2.45) is 5.92 Å². The minimum absolute atomic E-state index is 0.213. The Kier molecular flexibility index (Phi) is 7.05. The minimum Gasteiger partial charge on any atom is -0.612 e. The van der Waals surface area contributed by atoms with E-state index in [1.54, 1.807) is 18.4 Å². The van der Waals surface area contributed by atoms with Crippen LogP contribution in [0.15, 0.2) is 53.4 Å². The first kappa shape index (κ1) is 21.2. The fraction of sp³-hybridized carbons (Fsp3) is 0.478. The molecule has 152 valence electrons. The van der Waals surface area contributed by atoms with Crippen molar-refractivity contribution in [3.8, 4) is 5.75 Å². The first-order chi connectivity index (χ1) is 13.3. The highest BCUT2D eigenvalue weighted by molar-refractivity contribution is 7.90. The number of hydrogen-bond donors (Lipinski definition) is 1. The standard InChI is InChI=1S/C23H32NO3S/c1-24(2,13-12-18-14-19-8-4-5-9-20(19)15-18)16-21(25)17-27-22-10-6-7-11-23(22)28(3)26/h4-11,18,21,25H,12-17H2,1-3H3/q+1/t21-,28?/m1/s1. The van der Waals surface area contributed by atoms with E-state index in [0.717, 1.165) is 17.4 Å². The number of aliphatic hydroxyl groups excluding tert-OH is 1. The average Bonchev–Trinajstić information content (AvgIpc) is 3.08. The minimum atomic E-state index is -1.11. The zero-order valence-corrected chi connectivity index (χ0v) is 18.0. The summed E-state index contributed by atoms with van der Waals surface area (Å²) in [6.07, 6.45) is 4.58. The van der Waals surface area contributed by atoms with Gasteiger partial charge in [0, 0.05) is 6.42 Å². The largest absolute Gasteiger partial charge is 0.612 e. The zero-order valence-electron chi connectivity index (χ0n) is 17.1. The van der Waals surface area contributed by atoms with E-state index in [0.29, 0.717) is 23.1 Å². The summed E-state index contributed by atoms with van der Waals surface area (Å²) in [6, 6.07) is 16.1. The van der Waals surface area contributed by atoms with E-state index in [9.17, 15) is 9.66 Å². The molecule has 1 unspecified atom stereocenters. The molecule has 0 bridgehead atoms. The van der Waals surface area contributed by atoms with Crippen LogP contribution >= 0.6 is 0 Å². The molecule has 1 N–H and O–H groups in total. The lowest BCUT2D eigenvalue weighted by atomic mass is 10.0. The molecule has 1 aliphatic rings. The van der Waals surface area contributed by atoms with Crippen molar-refractivity contribution < 1.29 is 18.9 Å². The molecule has 0 fully saturated rings. The zero-order chi connectivity index (χ0) is 20.1. The highest BCUT2D eigenvalue weighted by Crippen LogP contribution is 2.29. The van der Waals surface area contributed by atoms with Crippen molar-refractivity contribution in [1.82, 2.24) is 0 Å². The van der Waals surface area contributed by atoms with Gasteiger partial charge in [-0.25, -0.2) is 0 Å². The predicted molar refractivity (Wildman–Crippen MR) is 114 cm³/mol. The molecule has 5 heteroatoms. The Morgan fingerprint density at radius 2 is 1.71 bits per heavy atom. The Bertz CT molecular complexity index is 753. The molecule has 0 aromatic heterocycles. The van der Waals surface area contributed by atoms with Crippen molar-refractivity contribution in [2.45, 2.75) is 30.3 Å². The number of hydrogen-bond acceptors (Lipinski definition) is 3. The van der Waals surface area contributed by atoms with Crippen LogP contribution < -0.4 is 4.74 Å². The number of para-hydroxylation sites is 1. The lowest BCUT2D eigenvalue weighted by Crippen LogP contribution is -2.48. The Hall–Kier alpha value is -1.53. The monoisotopic (exact) mass is 402 g/mol. The van der Waals surface area contributed by atoms with Crippen LogP contribution in [0.4, 0.5) is 0 Å². The van der Waals surface area contributed by atoms with Crippen LogP contribution in [0.25, 0.3) is 0 Å². The topological polar surface area (TPSA) is 52.5 Å². The lowest BCUT2D eigenvalue weighted by molar-refractivity contribution is -0.894. The molecule has 1 aliphatic carbocycles. The van der Waals surface area contributed by atoms with Gasteiger partial charge in [-0.3, -0.25) is 0 Å². The van der Waals surface area contributed by atoms with Crippen LogP contribution in [0.5, 0.6) is 5.75 Å². The van der Waals surface area contributed by atoms with Crippen LogP contribution in [0.2, 0.25) is 0 Å². The Balaban J connectivity index is 1.45. The summed E-state index contributed by atoms with van der Waals surface area (Å²) >= 11 is -1.11. The van der Waals surface area contributed by atoms with Gasteiger partial charge in [-0.1, -0.05) is 36.4 Å². The number of likely N-dealkylation sites (N-methyl/N-ethyl adjacent to an activating group) is 1. The molecular weight excluding hydrogens is 370 g/mol. The molecule has 0 spiro atoms. The molecule has 28 heavy (non-hydrogen) atoms. The molecular formula is C23H32NO3S+. The predicted octanol–water partition coefficient (Wildman–Crippen LogP) is 3.05. The summed E-state index contributed by atoms with van der Waals surface area (Å²) < 4.78 is 18.3. The number of benzene rings is 2. The number of ether oxygens (including phenoxy) is 1.